The molecule has 0 aromatic heterocycles. The van der Waals surface area contributed by atoms with Crippen molar-refractivity contribution in [3.8, 4) is 5.75 Å². The summed E-state index contributed by atoms with van der Waals surface area (Å²) in [5.74, 6) is -1.06. The fraction of sp³-hybridized carbons (Fsp3) is 0.364. The van der Waals surface area contributed by atoms with Crippen LogP contribution in [-0.2, 0) is 23.8 Å². The average Bonchev–Trinajstić information content (AvgIpc) is 2.91. The highest BCUT2D eigenvalue weighted by Crippen LogP contribution is 2.42. The number of carbonyl (C=O) groups is 1. The van der Waals surface area contributed by atoms with Crippen molar-refractivity contribution in [1.29, 1.82) is 0 Å². The van der Waals surface area contributed by atoms with E-state index in [1.165, 1.54) is 18.2 Å². The molecule has 0 radical (unpaired) electrons. The van der Waals surface area contributed by atoms with E-state index in [1.54, 1.807) is 38.1 Å². The van der Waals surface area contributed by atoms with Crippen LogP contribution in [0.1, 0.15) is 73.1 Å². The third-order valence-corrected chi connectivity index (χ3v) is 7.46. The van der Waals surface area contributed by atoms with E-state index in [-0.39, 0.29) is 34.3 Å². The first-order chi connectivity index (χ1) is 19.3. The molecule has 0 N–H and O–H groups in total. The van der Waals surface area contributed by atoms with Crippen LogP contribution in [0.4, 0.5) is 17.6 Å². The molecule has 3 aromatic rings. The fourth-order valence-corrected chi connectivity index (χ4v) is 4.90. The maximum atomic E-state index is 14.9. The van der Waals surface area contributed by atoms with E-state index in [1.807, 2.05) is 12.1 Å². The van der Waals surface area contributed by atoms with Crippen molar-refractivity contribution in [2.75, 3.05) is 0 Å². The van der Waals surface area contributed by atoms with E-state index in [9.17, 15) is 22.4 Å². The summed E-state index contributed by atoms with van der Waals surface area (Å²) in [6, 6.07) is 15.1. The van der Waals surface area contributed by atoms with Gasteiger partial charge in [0.05, 0.1) is 22.3 Å². The molecule has 0 amide bonds. The van der Waals surface area contributed by atoms with Crippen LogP contribution in [0.5, 0.6) is 5.75 Å². The predicted octanol–water partition coefficient (Wildman–Crippen LogP) is 9.95. The Labute approximate surface area is 244 Å². The SMILES string of the molecule is C=C(Oc1c(Cl)cccc1C(F)(F)F)c1ccccc1CC(CCc1ccc(C(=O)OC(C)C)cc1F)[C@H](C)CC. The van der Waals surface area contributed by atoms with E-state index >= 15 is 0 Å². The Balaban J connectivity index is 1.81. The minimum atomic E-state index is -4.65. The molecule has 0 saturated carbocycles. The van der Waals surface area contributed by atoms with Crippen molar-refractivity contribution in [2.24, 2.45) is 11.8 Å². The molecule has 1 unspecified atom stereocenters. The van der Waals surface area contributed by atoms with Crippen LogP contribution in [0.3, 0.4) is 0 Å². The maximum absolute atomic E-state index is 14.9. The number of esters is 1. The lowest BCUT2D eigenvalue weighted by Crippen LogP contribution is -2.17. The Morgan fingerprint density at radius 2 is 1.71 bits per heavy atom. The number of alkyl halides is 3. The lowest BCUT2D eigenvalue weighted by Gasteiger charge is -2.25. The van der Waals surface area contributed by atoms with Crippen LogP contribution < -0.4 is 4.74 Å². The van der Waals surface area contributed by atoms with E-state index in [0.29, 0.717) is 30.4 Å². The zero-order valence-electron chi connectivity index (χ0n) is 23.7. The summed E-state index contributed by atoms with van der Waals surface area (Å²) in [5, 5.41) is -0.165. The highest BCUT2D eigenvalue weighted by atomic mass is 35.5. The molecular formula is C33H35ClF4O3. The van der Waals surface area contributed by atoms with Crippen LogP contribution in [0, 0.1) is 17.7 Å². The summed E-state index contributed by atoms with van der Waals surface area (Å²) in [6.07, 6.45) is -2.36. The standard InChI is InChI=1S/C33H35ClF4O3/c1-6-21(4)24(16-14-23-15-17-26(19-30(23)35)32(39)40-20(2)3)18-25-10-7-8-11-27(25)22(5)41-31-28(33(36,37)38)12-9-13-29(31)34/h7-13,15,17,19-21,24H,5-6,14,16,18H2,1-4H3/t21-,24?/m1/s1. The molecule has 220 valence electrons. The van der Waals surface area contributed by atoms with Gasteiger partial charge in [-0.25, -0.2) is 9.18 Å². The van der Waals surface area contributed by atoms with Gasteiger partial charge in [0.1, 0.15) is 11.6 Å². The quantitative estimate of drug-likeness (QED) is 0.120. The Bertz CT molecular complexity index is 1370. The summed E-state index contributed by atoms with van der Waals surface area (Å²) >= 11 is 6.09. The van der Waals surface area contributed by atoms with Gasteiger partial charge in [-0.15, -0.1) is 0 Å². The number of benzene rings is 3. The Morgan fingerprint density at radius 1 is 1.00 bits per heavy atom. The first-order valence-corrected chi connectivity index (χ1v) is 14.0. The summed E-state index contributed by atoms with van der Waals surface area (Å²) in [5.41, 5.74) is 1.12. The topological polar surface area (TPSA) is 35.5 Å². The van der Waals surface area contributed by atoms with E-state index in [4.69, 9.17) is 21.1 Å². The van der Waals surface area contributed by atoms with E-state index < -0.39 is 29.3 Å². The highest BCUT2D eigenvalue weighted by molar-refractivity contribution is 6.32. The number of rotatable bonds is 12. The number of hydrogen-bond donors (Lipinski definition) is 0. The molecule has 0 saturated heterocycles. The largest absolute Gasteiger partial charge is 0.459 e. The van der Waals surface area contributed by atoms with Crippen molar-refractivity contribution in [2.45, 2.75) is 65.7 Å². The summed E-state index contributed by atoms with van der Waals surface area (Å²) < 4.78 is 66.5. The number of para-hydroxylation sites is 1. The molecule has 0 bridgehead atoms. The third kappa shape index (κ3) is 8.59. The summed E-state index contributed by atoms with van der Waals surface area (Å²) in [7, 11) is 0. The summed E-state index contributed by atoms with van der Waals surface area (Å²) in [6.45, 7) is 11.6. The molecule has 0 fully saturated rings. The van der Waals surface area contributed by atoms with E-state index in [2.05, 4.69) is 20.4 Å². The van der Waals surface area contributed by atoms with Gasteiger partial charge in [-0.05, 0) is 80.3 Å². The molecule has 0 heterocycles. The van der Waals surface area contributed by atoms with Gasteiger partial charge in [0.25, 0.3) is 0 Å². The van der Waals surface area contributed by atoms with Gasteiger partial charge >= 0.3 is 12.1 Å². The van der Waals surface area contributed by atoms with E-state index in [0.717, 1.165) is 18.1 Å². The number of aryl methyl sites for hydroxylation is 1. The average molecular weight is 591 g/mol. The lowest BCUT2D eigenvalue weighted by atomic mass is 9.81. The Kier molecular flexibility index (Phi) is 11.0. The molecule has 2 atom stereocenters. The number of carbonyl (C=O) groups excluding carboxylic acids is 1. The highest BCUT2D eigenvalue weighted by Gasteiger charge is 2.35. The number of halogens is 5. The monoisotopic (exact) mass is 590 g/mol. The van der Waals surface area contributed by atoms with Gasteiger partial charge in [0, 0.05) is 5.56 Å². The molecule has 41 heavy (non-hydrogen) atoms. The first-order valence-electron chi connectivity index (χ1n) is 13.6. The van der Waals surface area contributed by atoms with Gasteiger partial charge in [-0.1, -0.05) is 74.8 Å². The molecule has 0 aliphatic carbocycles. The van der Waals surface area contributed by atoms with Gasteiger partial charge in [0.15, 0.2) is 5.75 Å². The van der Waals surface area contributed by atoms with Gasteiger partial charge in [-0.3, -0.25) is 0 Å². The molecule has 3 rings (SSSR count). The lowest BCUT2D eigenvalue weighted by molar-refractivity contribution is -0.138. The Morgan fingerprint density at radius 3 is 2.34 bits per heavy atom. The molecule has 0 aliphatic rings. The molecule has 8 heteroatoms. The molecular weight excluding hydrogens is 556 g/mol. The van der Waals surface area contributed by atoms with Gasteiger partial charge in [0.2, 0.25) is 0 Å². The van der Waals surface area contributed by atoms with Crippen LogP contribution in [0.15, 0.2) is 67.2 Å². The second kappa shape index (κ2) is 14.0. The smallest absolute Gasteiger partial charge is 0.420 e. The molecule has 0 aliphatic heterocycles. The second-order valence-corrected chi connectivity index (χ2v) is 10.9. The van der Waals surface area contributed by atoms with Crippen molar-refractivity contribution in [3.63, 3.8) is 0 Å². The van der Waals surface area contributed by atoms with Crippen LogP contribution in [0.2, 0.25) is 5.02 Å². The summed E-state index contributed by atoms with van der Waals surface area (Å²) in [4.78, 5) is 12.1. The zero-order chi connectivity index (χ0) is 30.3. The molecule has 0 spiro atoms. The first kappa shape index (κ1) is 32.2. The minimum Gasteiger partial charge on any atom is -0.459 e. The van der Waals surface area contributed by atoms with Crippen molar-refractivity contribution in [1.82, 2.24) is 0 Å². The number of ether oxygens (including phenoxy) is 2. The molecule has 3 nitrogen and oxygen atoms in total. The van der Waals surface area contributed by atoms with Crippen LogP contribution in [-0.4, -0.2) is 12.1 Å². The maximum Gasteiger partial charge on any atom is 0.420 e. The van der Waals surface area contributed by atoms with Crippen LogP contribution in [0.25, 0.3) is 5.76 Å². The van der Waals surface area contributed by atoms with Crippen molar-refractivity contribution in [3.05, 3.63) is 106 Å². The van der Waals surface area contributed by atoms with Gasteiger partial charge in [-0.2, -0.15) is 13.2 Å². The fourth-order valence-electron chi connectivity index (χ4n) is 4.69. The van der Waals surface area contributed by atoms with Gasteiger partial charge < -0.3 is 9.47 Å². The molecule has 3 aromatic carbocycles. The van der Waals surface area contributed by atoms with Crippen molar-refractivity contribution < 1.29 is 31.8 Å². The minimum absolute atomic E-state index is 0.0528. The Hall–Kier alpha value is -3.32. The van der Waals surface area contributed by atoms with Crippen molar-refractivity contribution >= 4 is 23.3 Å². The third-order valence-electron chi connectivity index (χ3n) is 7.16. The van der Waals surface area contributed by atoms with Crippen LogP contribution >= 0.6 is 11.6 Å². The second-order valence-electron chi connectivity index (χ2n) is 10.4. The number of hydrogen-bond acceptors (Lipinski definition) is 3. The zero-order valence-corrected chi connectivity index (χ0v) is 24.4. The normalized spacial score (nSPS) is 13.1. The predicted molar refractivity (Wildman–Crippen MR) is 154 cm³/mol.